The molecule has 1 aromatic heterocycles. The predicted octanol–water partition coefficient (Wildman–Crippen LogP) is 4.10. The monoisotopic (exact) mass is 395 g/mol. The second kappa shape index (κ2) is 7.37. The number of aromatic nitrogens is 2. The van der Waals surface area contributed by atoms with E-state index >= 15 is 0 Å². The second-order valence-corrected chi connectivity index (χ2v) is 6.03. The molecule has 3 aromatic rings. The first-order chi connectivity index (χ1) is 13.2. The summed E-state index contributed by atoms with van der Waals surface area (Å²) in [5.41, 5.74) is -0.579. The molecule has 0 aliphatic heterocycles. The van der Waals surface area contributed by atoms with Crippen molar-refractivity contribution in [2.45, 2.75) is 13.3 Å². The number of benzene rings is 2. The molecule has 0 spiro atoms. The molecule has 0 saturated carbocycles. The Morgan fingerprint density at radius 3 is 2.39 bits per heavy atom. The number of alkyl halides is 2. The van der Waals surface area contributed by atoms with Crippen LogP contribution in [-0.2, 0) is 0 Å². The number of nitrogens with one attached hydrogen (secondary N) is 2. The zero-order valence-corrected chi connectivity index (χ0v) is 14.5. The maximum atomic E-state index is 14.4. The summed E-state index contributed by atoms with van der Waals surface area (Å²) in [5.74, 6) is -3.12. The van der Waals surface area contributed by atoms with Crippen molar-refractivity contribution in [1.29, 1.82) is 10.8 Å². The van der Waals surface area contributed by atoms with Crippen LogP contribution in [0.2, 0.25) is 0 Å². The van der Waals surface area contributed by atoms with Crippen LogP contribution >= 0.6 is 0 Å². The Morgan fingerprint density at radius 1 is 1.11 bits per heavy atom. The fraction of sp³-hybridized carbons (Fsp3) is 0.167. The molecule has 146 valence electrons. The fourth-order valence-electron chi connectivity index (χ4n) is 2.96. The highest BCUT2D eigenvalue weighted by atomic mass is 19.3. The summed E-state index contributed by atoms with van der Waals surface area (Å²) in [6, 6.07) is 5.01. The molecule has 0 amide bonds. The molecule has 3 rings (SSSR count). The summed E-state index contributed by atoms with van der Waals surface area (Å²) in [4.78, 5) is 4.76. The first kappa shape index (κ1) is 19.5. The van der Waals surface area contributed by atoms with Gasteiger partial charge in [0.1, 0.15) is 17.5 Å². The molecule has 0 aliphatic carbocycles. The summed E-state index contributed by atoms with van der Waals surface area (Å²) < 4.78 is 69.4. The predicted molar refractivity (Wildman–Crippen MR) is 93.8 cm³/mol. The Morgan fingerprint density at radius 2 is 1.79 bits per heavy atom. The van der Waals surface area contributed by atoms with Crippen molar-refractivity contribution < 1.29 is 22.0 Å². The Bertz CT molecular complexity index is 1110. The van der Waals surface area contributed by atoms with E-state index < -0.39 is 36.0 Å². The highest BCUT2D eigenvalue weighted by Crippen LogP contribution is 2.32. The zero-order valence-electron chi connectivity index (χ0n) is 14.5. The topological polar surface area (TPSA) is 68.8 Å². The standard InChI is InChI=1S/C18H14F5N5/c1-9-2-10(19)4-12(3-9)27(7-15(22)23)17-13-5-11(20)6-14(21)16(13)28(8-24)18(25)26-17/h2-6,8,15,24-25H,7H2,1H3. The van der Waals surface area contributed by atoms with Gasteiger partial charge < -0.3 is 4.90 Å². The lowest BCUT2D eigenvalue weighted by Crippen LogP contribution is -2.31. The van der Waals surface area contributed by atoms with Gasteiger partial charge in [-0.2, -0.15) is 4.98 Å². The van der Waals surface area contributed by atoms with Gasteiger partial charge in [0.05, 0.1) is 18.4 Å². The summed E-state index contributed by atoms with van der Waals surface area (Å²) in [7, 11) is 0. The minimum atomic E-state index is -2.89. The third-order valence-electron chi connectivity index (χ3n) is 3.99. The van der Waals surface area contributed by atoms with E-state index in [2.05, 4.69) is 4.98 Å². The third-order valence-corrected chi connectivity index (χ3v) is 3.99. The van der Waals surface area contributed by atoms with Gasteiger partial charge >= 0.3 is 0 Å². The molecule has 0 aliphatic rings. The fourth-order valence-corrected chi connectivity index (χ4v) is 2.96. The molecule has 0 atom stereocenters. The lowest BCUT2D eigenvalue weighted by Gasteiger charge is -2.26. The van der Waals surface area contributed by atoms with Crippen molar-refractivity contribution in [2.75, 3.05) is 11.4 Å². The molecule has 0 fully saturated rings. The Hall–Kier alpha value is -3.30. The number of nitrogens with zero attached hydrogens (tertiary/aromatic N) is 3. The average Bonchev–Trinajstić information content (AvgIpc) is 2.58. The maximum Gasteiger partial charge on any atom is 0.256 e. The maximum absolute atomic E-state index is 14.4. The van der Waals surface area contributed by atoms with E-state index in [-0.39, 0.29) is 22.4 Å². The van der Waals surface area contributed by atoms with Crippen LogP contribution in [0.3, 0.4) is 0 Å². The molecular weight excluding hydrogens is 381 g/mol. The molecule has 0 unspecified atom stereocenters. The Kier molecular flexibility index (Phi) is 5.12. The van der Waals surface area contributed by atoms with Gasteiger partial charge in [0.15, 0.2) is 5.82 Å². The number of halogens is 5. The van der Waals surface area contributed by atoms with Crippen LogP contribution in [0.5, 0.6) is 0 Å². The summed E-state index contributed by atoms with van der Waals surface area (Å²) >= 11 is 0. The lowest BCUT2D eigenvalue weighted by molar-refractivity contribution is 0.157. The number of rotatable bonds is 5. The van der Waals surface area contributed by atoms with Crippen LogP contribution in [0.15, 0.2) is 30.3 Å². The smallest absolute Gasteiger partial charge is 0.256 e. The number of fused-ring (bicyclic) bond motifs is 1. The molecule has 2 N–H and O–H groups in total. The van der Waals surface area contributed by atoms with Crippen molar-refractivity contribution in [3.05, 3.63) is 59.0 Å². The first-order valence-corrected chi connectivity index (χ1v) is 8.00. The second-order valence-electron chi connectivity index (χ2n) is 6.03. The van der Waals surface area contributed by atoms with E-state index in [1.54, 1.807) is 6.92 Å². The van der Waals surface area contributed by atoms with Gasteiger partial charge in [-0.05, 0) is 36.8 Å². The van der Waals surface area contributed by atoms with Crippen LogP contribution < -0.4 is 10.5 Å². The van der Waals surface area contributed by atoms with Gasteiger partial charge in [-0.1, -0.05) is 0 Å². The van der Waals surface area contributed by atoms with Crippen LogP contribution in [0.4, 0.5) is 33.5 Å². The largest absolute Gasteiger partial charge is 0.320 e. The number of hydrogen-bond acceptors (Lipinski definition) is 4. The first-order valence-electron chi connectivity index (χ1n) is 8.00. The van der Waals surface area contributed by atoms with Gasteiger partial charge in [0.25, 0.3) is 6.43 Å². The molecule has 0 bridgehead atoms. The number of anilines is 2. The van der Waals surface area contributed by atoms with Crippen LogP contribution in [0, 0.1) is 35.2 Å². The lowest BCUT2D eigenvalue weighted by atomic mass is 10.1. The third kappa shape index (κ3) is 3.57. The highest BCUT2D eigenvalue weighted by Gasteiger charge is 2.23. The molecule has 0 radical (unpaired) electrons. The number of hydrogen-bond donors (Lipinski definition) is 2. The van der Waals surface area contributed by atoms with E-state index in [1.807, 2.05) is 0 Å². The number of aryl methyl sites for hydroxylation is 1. The van der Waals surface area contributed by atoms with E-state index in [0.717, 1.165) is 21.6 Å². The van der Waals surface area contributed by atoms with E-state index in [4.69, 9.17) is 10.8 Å². The summed E-state index contributed by atoms with van der Waals surface area (Å²) in [6.07, 6.45) is -2.28. The van der Waals surface area contributed by atoms with Gasteiger partial charge in [-0.3, -0.25) is 15.4 Å². The SMILES string of the molecule is Cc1cc(F)cc(N(CC(F)F)c2nc(=N)n(C=N)c3c(F)cc(F)cc23)c1. The van der Waals surface area contributed by atoms with Crippen LogP contribution in [0.25, 0.3) is 10.9 Å². The molecule has 0 saturated heterocycles. The minimum absolute atomic E-state index is 0.0109. The highest BCUT2D eigenvalue weighted by molar-refractivity contribution is 5.94. The van der Waals surface area contributed by atoms with Gasteiger partial charge in [-0.25, -0.2) is 22.0 Å². The van der Waals surface area contributed by atoms with Crippen molar-refractivity contribution in [2.24, 2.45) is 0 Å². The summed E-state index contributed by atoms with van der Waals surface area (Å²) in [6.45, 7) is 0.610. The Labute approximate surface area is 155 Å². The zero-order chi connectivity index (χ0) is 20.6. The molecule has 1 heterocycles. The van der Waals surface area contributed by atoms with Crippen LogP contribution in [-0.4, -0.2) is 28.9 Å². The van der Waals surface area contributed by atoms with E-state index in [0.29, 0.717) is 18.0 Å². The van der Waals surface area contributed by atoms with Gasteiger partial charge in [0.2, 0.25) is 5.62 Å². The molecule has 5 nitrogen and oxygen atoms in total. The molecule has 28 heavy (non-hydrogen) atoms. The van der Waals surface area contributed by atoms with Gasteiger partial charge in [0, 0.05) is 17.1 Å². The molecule has 2 aromatic carbocycles. The van der Waals surface area contributed by atoms with E-state index in [1.165, 1.54) is 12.1 Å². The van der Waals surface area contributed by atoms with E-state index in [9.17, 15) is 22.0 Å². The molecular formula is C18H14F5N5. The van der Waals surface area contributed by atoms with Crippen molar-refractivity contribution in [1.82, 2.24) is 9.55 Å². The van der Waals surface area contributed by atoms with Crippen molar-refractivity contribution >= 4 is 28.7 Å². The quantitative estimate of drug-likeness (QED) is 0.388. The average molecular weight is 395 g/mol. The van der Waals surface area contributed by atoms with Gasteiger partial charge in [-0.15, -0.1) is 0 Å². The minimum Gasteiger partial charge on any atom is -0.320 e. The van der Waals surface area contributed by atoms with Crippen molar-refractivity contribution in [3.8, 4) is 0 Å². The Balaban J connectivity index is 2.40. The van der Waals surface area contributed by atoms with Crippen molar-refractivity contribution in [3.63, 3.8) is 0 Å². The van der Waals surface area contributed by atoms with Crippen LogP contribution in [0.1, 0.15) is 5.56 Å². The molecule has 10 heteroatoms. The normalized spacial score (nSPS) is 11.2. The summed E-state index contributed by atoms with van der Waals surface area (Å²) in [5, 5.41) is 15.0.